The molecule has 126 valence electrons. The van der Waals surface area contributed by atoms with E-state index in [2.05, 4.69) is 9.55 Å². The zero-order valence-electron chi connectivity index (χ0n) is 13.8. The van der Waals surface area contributed by atoms with Crippen molar-refractivity contribution in [1.82, 2.24) is 14.5 Å². The summed E-state index contributed by atoms with van der Waals surface area (Å²) in [5, 5.41) is 0. The maximum atomic E-state index is 13.0. The van der Waals surface area contributed by atoms with E-state index >= 15 is 0 Å². The summed E-state index contributed by atoms with van der Waals surface area (Å²) in [6.45, 7) is 4.47. The minimum Gasteiger partial charge on any atom is -0.486 e. The van der Waals surface area contributed by atoms with Crippen molar-refractivity contribution < 1.29 is 14.3 Å². The maximum Gasteiger partial charge on any atom is 0.257 e. The van der Waals surface area contributed by atoms with E-state index in [1.165, 1.54) is 0 Å². The van der Waals surface area contributed by atoms with Crippen LogP contribution in [0.5, 0.6) is 11.5 Å². The monoisotopic (exact) mass is 327 g/mol. The number of ether oxygens (including phenoxy) is 2. The summed E-state index contributed by atoms with van der Waals surface area (Å²) in [6.07, 6.45) is 5.86. The van der Waals surface area contributed by atoms with Gasteiger partial charge in [0.25, 0.3) is 5.91 Å². The molecule has 6 nitrogen and oxygen atoms in total. The van der Waals surface area contributed by atoms with Crippen LogP contribution in [0.4, 0.5) is 0 Å². The second kappa shape index (κ2) is 6.19. The third-order valence-corrected chi connectivity index (χ3v) is 4.74. The molecule has 6 heteroatoms. The Kier molecular flexibility index (Phi) is 3.88. The molecular formula is C18H21N3O3. The lowest BCUT2D eigenvalue weighted by Gasteiger charge is -2.34. The van der Waals surface area contributed by atoms with Crippen LogP contribution in [0.25, 0.3) is 0 Å². The van der Waals surface area contributed by atoms with Gasteiger partial charge >= 0.3 is 0 Å². The number of piperidine rings is 1. The van der Waals surface area contributed by atoms with Gasteiger partial charge in [-0.3, -0.25) is 4.79 Å². The number of carbonyl (C=O) groups is 1. The lowest BCUT2D eigenvalue weighted by atomic mass is 10.0. The Labute approximate surface area is 141 Å². The molecule has 1 unspecified atom stereocenters. The van der Waals surface area contributed by atoms with Crippen molar-refractivity contribution in [2.24, 2.45) is 0 Å². The SMILES string of the molecule is Cc1nccn1C1CCCN(C(=O)c2cccc3c2OCCO3)C1. The van der Waals surface area contributed by atoms with Crippen molar-refractivity contribution >= 4 is 5.91 Å². The standard InChI is InChI=1S/C18H21N3O3/c1-13-19-7-9-21(13)14-4-3-8-20(12-14)18(22)15-5-2-6-16-17(15)24-11-10-23-16/h2,5-7,9,14H,3-4,8,10-12H2,1H3. The molecule has 2 aliphatic heterocycles. The van der Waals surface area contributed by atoms with Crippen molar-refractivity contribution in [3.05, 3.63) is 42.0 Å². The van der Waals surface area contributed by atoms with Gasteiger partial charge in [-0.1, -0.05) is 6.07 Å². The average molecular weight is 327 g/mol. The molecule has 1 amide bonds. The summed E-state index contributed by atoms with van der Waals surface area (Å²) in [7, 11) is 0. The molecule has 1 atom stereocenters. The Bertz CT molecular complexity index is 756. The van der Waals surface area contributed by atoms with Gasteiger partial charge in [-0.2, -0.15) is 0 Å². The van der Waals surface area contributed by atoms with Crippen LogP contribution >= 0.6 is 0 Å². The van der Waals surface area contributed by atoms with Crippen molar-refractivity contribution in [2.45, 2.75) is 25.8 Å². The van der Waals surface area contributed by atoms with E-state index in [-0.39, 0.29) is 11.9 Å². The first-order chi connectivity index (χ1) is 11.7. The Morgan fingerprint density at radius 1 is 1.29 bits per heavy atom. The highest BCUT2D eigenvalue weighted by Gasteiger charge is 2.29. The molecule has 24 heavy (non-hydrogen) atoms. The number of fused-ring (bicyclic) bond motifs is 1. The number of hydrogen-bond acceptors (Lipinski definition) is 4. The highest BCUT2D eigenvalue weighted by molar-refractivity contribution is 5.98. The molecule has 0 N–H and O–H groups in total. The van der Waals surface area contributed by atoms with Crippen LogP contribution in [0.1, 0.15) is 35.1 Å². The summed E-state index contributed by atoms with van der Waals surface area (Å²) in [5.74, 6) is 2.24. The molecule has 0 aliphatic carbocycles. The summed E-state index contributed by atoms with van der Waals surface area (Å²) in [5.41, 5.74) is 0.593. The lowest BCUT2D eigenvalue weighted by Crippen LogP contribution is -2.41. The van der Waals surface area contributed by atoms with Gasteiger partial charge in [-0.15, -0.1) is 0 Å². The van der Waals surface area contributed by atoms with Crippen molar-refractivity contribution in [2.75, 3.05) is 26.3 Å². The third kappa shape index (κ3) is 2.62. The molecule has 3 heterocycles. The second-order valence-corrected chi connectivity index (χ2v) is 6.26. The number of rotatable bonds is 2. The zero-order chi connectivity index (χ0) is 16.5. The second-order valence-electron chi connectivity index (χ2n) is 6.26. The van der Waals surface area contributed by atoms with Gasteiger partial charge in [0, 0.05) is 25.5 Å². The predicted molar refractivity (Wildman–Crippen MR) is 88.6 cm³/mol. The topological polar surface area (TPSA) is 56.6 Å². The van der Waals surface area contributed by atoms with Gasteiger partial charge < -0.3 is 18.9 Å². The number of hydrogen-bond donors (Lipinski definition) is 0. The first-order valence-corrected chi connectivity index (χ1v) is 8.41. The number of amides is 1. The van der Waals surface area contributed by atoms with Gasteiger partial charge in [0.15, 0.2) is 11.5 Å². The highest BCUT2D eigenvalue weighted by Crippen LogP contribution is 2.35. The van der Waals surface area contributed by atoms with Crippen LogP contribution in [0, 0.1) is 6.92 Å². The smallest absolute Gasteiger partial charge is 0.257 e. The quantitative estimate of drug-likeness (QED) is 0.850. The van der Waals surface area contributed by atoms with Crippen LogP contribution in [-0.4, -0.2) is 46.7 Å². The van der Waals surface area contributed by atoms with Crippen molar-refractivity contribution in [3.8, 4) is 11.5 Å². The third-order valence-electron chi connectivity index (χ3n) is 4.74. The molecule has 1 aromatic carbocycles. The van der Waals surface area contributed by atoms with Crippen LogP contribution < -0.4 is 9.47 Å². The van der Waals surface area contributed by atoms with Gasteiger partial charge in [0.05, 0.1) is 11.6 Å². The number of para-hydroxylation sites is 1. The molecule has 0 spiro atoms. The molecule has 4 rings (SSSR count). The Morgan fingerprint density at radius 3 is 3.00 bits per heavy atom. The van der Waals surface area contributed by atoms with Crippen LogP contribution in [0.2, 0.25) is 0 Å². The minimum atomic E-state index is 0.0137. The van der Waals surface area contributed by atoms with Gasteiger partial charge in [-0.05, 0) is 31.9 Å². The fourth-order valence-electron chi connectivity index (χ4n) is 3.55. The number of benzene rings is 1. The summed E-state index contributed by atoms with van der Waals surface area (Å²) in [6, 6.07) is 5.80. The normalized spacial score (nSPS) is 20.0. The number of imidazole rings is 1. The fourth-order valence-corrected chi connectivity index (χ4v) is 3.55. The highest BCUT2D eigenvalue weighted by atomic mass is 16.6. The first-order valence-electron chi connectivity index (χ1n) is 8.41. The largest absolute Gasteiger partial charge is 0.486 e. The molecule has 2 aromatic rings. The van der Waals surface area contributed by atoms with Crippen LogP contribution in [0.15, 0.2) is 30.6 Å². The lowest BCUT2D eigenvalue weighted by molar-refractivity contribution is 0.0668. The number of nitrogens with zero attached hydrogens (tertiary/aromatic N) is 3. The maximum absolute atomic E-state index is 13.0. The number of carbonyl (C=O) groups excluding carboxylic acids is 1. The van der Waals surface area contributed by atoms with Crippen molar-refractivity contribution in [1.29, 1.82) is 0 Å². The summed E-state index contributed by atoms with van der Waals surface area (Å²) >= 11 is 0. The number of aryl methyl sites for hydroxylation is 1. The van der Waals surface area contributed by atoms with E-state index in [1.807, 2.05) is 42.4 Å². The van der Waals surface area contributed by atoms with Crippen LogP contribution in [-0.2, 0) is 0 Å². The molecule has 1 fully saturated rings. The van der Waals surface area contributed by atoms with E-state index in [0.717, 1.165) is 25.2 Å². The molecule has 2 aliphatic rings. The van der Waals surface area contributed by atoms with Gasteiger partial charge in [-0.25, -0.2) is 4.98 Å². The molecule has 0 bridgehead atoms. The minimum absolute atomic E-state index is 0.0137. The van der Waals surface area contributed by atoms with E-state index in [4.69, 9.17) is 9.47 Å². The molecular weight excluding hydrogens is 306 g/mol. The van der Waals surface area contributed by atoms with E-state index in [1.54, 1.807) is 0 Å². The fraction of sp³-hybridized carbons (Fsp3) is 0.444. The molecule has 1 saturated heterocycles. The Balaban J connectivity index is 1.57. The zero-order valence-corrected chi connectivity index (χ0v) is 13.8. The van der Waals surface area contributed by atoms with E-state index in [0.29, 0.717) is 36.8 Å². The van der Waals surface area contributed by atoms with Crippen LogP contribution in [0.3, 0.4) is 0 Å². The number of likely N-dealkylation sites (tertiary alicyclic amines) is 1. The van der Waals surface area contributed by atoms with Gasteiger partial charge in [0.2, 0.25) is 0 Å². The first kappa shape index (κ1) is 15.1. The van der Waals surface area contributed by atoms with Crippen molar-refractivity contribution in [3.63, 3.8) is 0 Å². The predicted octanol–water partition coefficient (Wildman–Crippen LogP) is 2.44. The average Bonchev–Trinajstić information content (AvgIpc) is 3.07. The molecule has 1 aromatic heterocycles. The van der Waals surface area contributed by atoms with Gasteiger partial charge in [0.1, 0.15) is 19.0 Å². The molecule has 0 saturated carbocycles. The molecule has 0 radical (unpaired) electrons. The van der Waals surface area contributed by atoms with E-state index < -0.39 is 0 Å². The summed E-state index contributed by atoms with van der Waals surface area (Å²) < 4.78 is 13.5. The van der Waals surface area contributed by atoms with E-state index in [9.17, 15) is 4.79 Å². The Morgan fingerprint density at radius 2 is 2.17 bits per heavy atom. The Hall–Kier alpha value is -2.50. The number of aromatic nitrogens is 2. The summed E-state index contributed by atoms with van der Waals surface area (Å²) in [4.78, 5) is 19.3.